The normalized spacial score (nSPS) is 18.8. The standard InChI is InChI=1S/C18H26N4O2/c1-24-17-5-4-16-18(21-17)15(6-8-20-16)7-10-22-9-2-3-14(12-22)11-19-13-23/h4-6,8,14,19,23H,2-3,7,9-13H2,1H3. The van der Waals surface area contributed by atoms with Crippen molar-refractivity contribution in [1.29, 1.82) is 0 Å². The largest absolute Gasteiger partial charge is 0.481 e. The highest BCUT2D eigenvalue weighted by molar-refractivity contribution is 5.78. The van der Waals surface area contributed by atoms with Crippen molar-refractivity contribution in [3.63, 3.8) is 0 Å². The zero-order valence-electron chi connectivity index (χ0n) is 14.2. The molecule has 0 spiro atoms. The predicted molar refractivity (Wildman–Crippen MR) is 94.0 cm³/mol. The van der Waals surface area contributed by atoms with Gasteiger partial charge in [-0.15, -0.1) is 0 Å². The summed E-state index contributed by atoms with van der Waals surface area (Å²) in [5, 5.41) is 12.0. The molecular weight excluding hydrogens is 304 g/mol. The van der Waals surface area contributed by atoms with E-state index < -0.39 is 0 Å². The molecule has 3 heterocycles. The number of pyridine rings is 2. The van der Waals surface area contributed by atoms with Gasteiger partial charge < -0.3 is 14.7 Å². The molecule has 1 fully saturated rings. The number of aromatic nitrogens is 2. The molecule has 0 bridgehead atoms. The molecule has 6 nitrogen and oxygen atoms in total. The van der Waals surface area contributed by atoms with E-state index in [2.05, 4.69) is 26.3 Å². The molecule has 0 amide bonds. The van der Waals surface area contributed by atoms with E-state index in [0.29, 0.717) is 11.8 Å². The highest BCUT2D eigenvalue weighted by Crippen LogP contribution is 2.20. The van der Waals surface area contributed by atoms with Gasteiger partial charge in [-0.25, -0.2) is 4.98 Å². The topological polar surface area (TPSA) is 70.5 Å². The Kier molecular flexibility index (Phi) is 5.96. The number of fused-ring (bicyclic) bond motifs is 1. The van der Waals surface area contributed by atoms with E-state index >= 15 is 0 Å². The van der Waals surface area contributed by atoms with Crippen LogP contribution in [0.3, 0.4) is 0 Å². The Morgan fingerprint density at radius 2 is 2.29 bits per heavy atom. The number of nitrogens with one attached hydrogen (secondary N) is 1. The summed E-state index contributed by atoms with van der Waals surface area (Å²) in [6.07, 6.45) is 5.27. The summed E-state index contributed by atoms with van der Waals surface area (Å²) in [4.78, 5) is 11.5. The smallest absolute Gasteiger partial charge is 0.213 e. The third-order valence-corrected chi connectivity index (χ3v) is 4.70. The van der Waals surface area contributed by atoms with Crippen molar-refractivity contribution in [2.24, 2.45) is 5.92 Å². The maximum atomic E-state index is 8.91. The van der Waals surface area contributed by atoms with Gasteiger partial charge in [-0.2, -0.15) is 0 Å². The Hall–Kier alpha value is -1.76. The lowest BCUT2D eigenvalue weighted by molar-refractivity contribution is 0.163. The number of hydrogen-bond donors (Lipinski definition) is 2. The number of aliphatic hydroxyl groups excluding tert-OH is 1. The molecule has 130 valence electrons. The number of piperidine rings is 1. The third kappa shape index (κ3) is 4.20. The zero-order chi connectivity index (χ0) is 16.8. The van der Waals surface area contributed by atoms with Crippen molar-refractivity contribution in [1.82, 2.24) is 20.2 Å². The van der Waals surface area contributed by atoms with Crippen LogP contribution in [-0.4, -0.2) is 60.0 Å². The fourth-order valence-electron chi connectivity index (χ4n) is 3.44. The van der Waals surface area contributed by atoms with Crippen LogP contribution in [0.1, 0.15) is 18.4 Å². The summed E-state index contributed by atoms with van der Waals surface area (Å²) < 4.78 is 5.25. The predicted octanol–water partition coefficient (Wildman–Crippen LogP) is 1.43. The van der Waals surface area contributed by atoms with Gasteiger partial charge >= 0.3 is 0 Å². The van der Waals surface area contributed by atoms with Crippen LogP contribution in [0, 0.1) is 5.92 Å². The van der Waals surface area contributed by atoms with Gasteiger partial charge in [0, 0.05) is 31.9 Å². The Balaban J connectivity index is 1.64. The van der Waals surface area contributed by atoms with Gasteiger partial charge in [0.2, 0.25) is 5.88 Å². The summed E-state index contributed by atoms with van der Waals surface area (Å²) in [6.45, 7) is 4.22. The van der Waals surface area contributed by atoms with Gasteiger partial charge in [0.15, 0.2) is 0 Å². The second kappa shape index (κ2) is 8.37. The highest BCUT2D eigenvalue weighted by Gasteiger charge is 2.19. The molecule has 2 aromatic rings. The quantitative estimate of drug-likeness (QED) is 0.749. The number of hydrogen-bond acceptors (Lipinski definition) is 6. The first-order valence-corrected chi connectivity index (χ1v) is 8.62. The van der Waals surface area contributed by atoms with E-state index in [4.69, 9.17) is 9.84 Å². The first kappa shape index (κ1) is 17.1. The maximum absolute atomic E-state index is 8.91. The van der Waals surface area contributed by atoms with E-state index in [1.165, 1.54) is 18.4 Å². The summed E-state index contributed by atoms with van der Waals surface area (Å²) in [7, 11) is 1.64. The lowest BCUT2D eigenvalue weighted by atomic mass is 9.97. The molecule has 0 aliphatic carbocycles. The van der Waals surface area contributed by atoms with Gasteiger partial charge in [0.1, 0.15) is 0 Å². The van der Waals surface area contributed by atoms with Crippen LogP contribution in [0.15, 0.2) is 24.4 Å². The zero-order valence-corrected chi connectivity index (χ0v) is 14.2. The van der Waals surface area contributed by atoms with Crippen molar-refractivity contribution in [3.05, 3.63) is 30.0 Å². The average Bonchev–Trinajstić information content (AvgIpc) is 2.64. The molecule has 1 unspecified atom stereocenters. The first-order chi connectivity index (χ1) is 11.8. The molecule has 2 aromatic heterocycles. The monoisotopic (exact) mass is 330 g/mol. The first-order valence-electron chi connectivity index (χ1n) is 8.62. The number of ether oxygens (including phenoxy) is 1. The second-order valence-electron chi connectivity index (χ2n) is 6.36. The third-order valence-electron chi connectivity index (χ3n) is 4.70. The molecule has 1 atom stereocenters. The Morgan fingerprint density at radius 1 is 1.38 bits per heavy atom. The molecule has 6 heteroatoms. The minimum Gasteiger partial charge on any atom is -0.481 e. The minimum absolute atomic E-state index is 0.0625. The van der Waals surface area contributed by atoms with Crippen LogP contribution < -0.4 is 10.1 Å². The summed E-state index contributed by atoms with van der Waals surface area (Å²) in [5.74, 6) is 1.25. The molecule has 1 aliphatic rings. The van der Waals surface area contributed by atoms with Crippen LogP contribution in [0.2, 0.25) is 0 Å². The van der Waals surface area contributed by atoms with E-state index in [1.807, 2.05) is 18.3 Å². The number of methoxy groups -OCH3 is 1. The number of nitrogens with zero attached hydrogens (tertiary/aromatic N) is 3. The second-order valence-corrected chi connectivity index (χ2v) is 6.36. The summed E-state index contributed by atoms with van der Waals surface area (Å²) >= 11 is 0. The molecule has 1 aliphatic heterocycles. The van der Waals surface area contributed by atoms with Crippen molar-refractivity contribution < 1.29 is 9.84 Å². The lowest BCUT2D eigenvalue weighted by Gasteiger charge is -2.32. The SMILES string of the molecule is COc1ccc2nccc(CCN3CCCC(CNCO)C3)c2n1. The minimum atomic E-state index is 0.0625. The van der Waals surface area contributed by atoms with Gasteiger partial charge in [-0.05, 0) is 49.4 Å². The van der Waals surface area contributed by atoms with Crippen molar-refractivity contribution in [2.75, 3.05) is 40.0 Å². The van der Waals surface area contributed by atoms with Gasteiger partial charge in [-0.3, -0.25) is 10.3 Å². The van der Waals surface area contributed by atoms with E-state index in [-0.39, 0.29) is 6.73 Å². The van der Waals surface area contributed by atoms with Gasteiger partial charge in [-0.1, -0.05) is 0 Å². The average molecular weight is 330 g/mol. The van der Waals surface area contributed by atoms with Crippen molar-refractivity contribution >= 4 is 11.0 Å². The lowest BCUT2D eigenvalue weighted by Crippen LogP contribution is -2.40. The fraction of sp³-hybridized carbons (Fsp3) is 0.556. The Bertz CT molecular complexity index is 665. The molecule has 3 rings (SSSR count). The van der Waals surface area contributed by atoms with Gasteiger partial charge in [0.05, 0.1) is 24.9 Å². The molecule has 0 aromatic carbocycles. The van der Waals surface area contributed by atoms with Crippen LogP contribution in [0.25, 0.3) is 11.0 Å². The number of likely N-dealkylation sites (tertiary alicyclic amines) is 1. The molecule has 0 radical (unpaired) electrons. The molecule has 1 saturated heterocycles. The molecule has 2 N–H and O–H groups in total. The summed E-state index contributed by atoms with van der Waals surface area (Å²) in [6, 6.07) is 5.87. The van der Waals surface area contributed by atoms with Crippen molar-refractivity contribution in [2.45, 2.75) is 19.3 Å². The van der Waals surface area contributed by atoms with Crippen LogP contribution in [-0.2, 0) is 6.42 Å². The Labute approximate surface area is 142 Å². The van der Waals surface area contributed by atoms with Crippen LogP contribution in [0.4, 0.5) is 0 Å². The van der Waals surface area contributed by atoms with E-state index in [0.717, 1.165) is 43.6 Å². The van der Waals surface area contributed by atoms with Crippen molar-refractivity contribution in [3.8, 4) is 5.88 Å². The molecule has 24 heavy (non-hydrogen) atoms. The van der Waals surface area contributed by atoms with Crippen LogP contribution >= 0.6 is 0 Å². The fourth-order valence-corrected chi connectivity index (χ4v) is 3.44. The van der Waals surface area contributed by atoms with E-state index in [9.17, 15) is 0 Å². The van der Waals surface area contributed by atoms with E-state index in [1.54, 1.807) is 7.11 Å². The number of rotatable bonds is 7. The maximum Gasteiger partial charge on any atom is 0.213 e. The highest BCUT2D eigenvalue weighted by atomic mass is 16.5. The molecule has 0 saturated carbocycles. The van der Waals surface area contributed by atoms with Gasteiger partial charge in [0.25, 0.3) is 0 Å². The summed E-state index contributed by atoms with van der Waals surface area (Å²) in [5.41, 5.74) is 3.07. The van der Waals surface area contributed by atoms with Crippen LogP contribution in [0.5, 0.6) is 5.88 Å². The Morgan fingerprint density at radius 3 is 3.12 bits per heavy atom. The number of aliphatic hydroxyl groups is 1. The molecular formula is C18H26N4O2.